The minimum atomic E-state index is -4.38. The van der Waals surface area contributed by atoms with Crippen molar-refractivity contribution in [1.29, 1.82) is 0 Å². The van der Waals surface area contributed by atoms with E-state index in [0.29, 0.717) is 51.7 Å². The van der Waals surface area contributed by atoms with Crippen LogP contribution in [0.5, 0.6) is 0 Å². The lowest BCUT2D eigenvalue weighted by Gasteiger charge is -2.35. The Bertz CT molecular complexity index is 785. The summed E-state index contributed by atoms with van der Waals surface area (Å²) in [6, 6.07) is 5.55. The molecule has 28 heavy (non-hydrogen) atoms. The number of halogens is 3. The van der Waals surface area contributed by atoms with Crippen molar-refractivity contribution in [3.8, 4) is 11.8 Å². The third-order valence-corrected chi connectivity index (χ3v) is 5.88. The molecule has 152 valence electrons. The van der Waals surface area contributed by atoms with E-state index in [9.17, 15) is 13.2 Å². The summed E-state index contributed by atoms with van der Waals surface area (Å²) in [5.41, 5.74) is 6.07. The molecule has 1 aromatic rings. The monoisotopic (exact) mass is 395 g/mol. The third kappa shape index (κ3) is 3.48. The van der Waals surface area contributed by atoms with Crippen molar-refractivity contribution in [2.24, 2.45) is 11.1 Å². The van der Waals surface area contributed by atoms with Crippen LogP contribution in [0.25, 0.3) is 0 Å². The summed E-state index contributed by atoms with van der Waals surface area (Å²) in [5, 5.41) is 0. The number of rotatable bonds is 2. The maximum atomic E-state index is 14.0. The van der Waals surface area contributed by atoms with E-state index in [1.807, 2.05) is 21.9 Å². The molecule has 0 radical (unpaired) electrons. The number of nitrogens with two attached hydrogens (primary N) is 1. The highest BCUT2D eigenvalue weighted by atomic mass is 19.4. The fourth-order valence-electron chi connectivity index (χ4n) is 3.98. The average Bonchev–Trinajstić information content (AvgIpc) is 2.92. The van der Waals surface area contributed by atoms with Crippen LogP contribution in [0, 0.1) is 17.3 Å². The van der Waals surface area contributed by atoms with Crippen molar-refractivity contribution in [3.63, 3.8) is 0 Å². The molecule has 0 spiro atoms. The molecule has 0 bridgehead atoms. The van der Waals surface area contributed by atoms with Gasteiger partial charge in [0.15, 0.2) is 0 Å². The molecule has 1 aromatic carbocycles. The number of alkyl halides is 3. The maximum Gasteiger partial charge on any atom is 0.406 e. The average molecular weight is 395 g/mol. The van der Waals surface area contributed by atoms with Gasteiger partial charge in [-0.05, 0) is 18.6 Å². The molecule has 0 aromatic heterocycles. The molecule has 1 atom stereocenters. The molecule has 0 amide bonds. The van der Waals surface area contributed by atoms with E-state index in [4.69, 9.17) is 15.2 Å². The highest BCUT2D eigenvalue weighted by Gasteiger charge is 2.58. The SMILES string of the molecule is NCN1CCOCc2c(C#CC3(C(F)(F)F)CCN(C4COC4)C3)cccc21. The molecular weight excluding hydrogens is 371 g/mol. The molecule has 3 heterocycles. The van der Waals surface area contributed by atoms with Crippen LogP contribution in [0.1, 0.15) is 17.5 Å². The van der Waals surface area contributed by atoms with E-state index in [1.54, 1.807) is 6.07 Å². The zero-order chi connectivity index (χ0) is 19.8. The van der Waals surface area contributed by atoms with Crippen LogP contribution < -0.4 is 10.6 Å². The number of nitrogens with zero attached hydrogens (tertiary/aromatic N) is 2. The topological polar surface area (TPSA) is 51.0 Å². The Morgan fingerprint density at radius 3 is 2.71 bits per heavy atom. The summed E-state index contributed by atoms with van der Waals surface area (Å²) >= 11 is 0. The standard InChI is InChI=1S/C20H24F3N3O2/c21-20(22,23)19(6-7-25(13-19)16-10-28-11-16)5-4-15-2-1-3-18-17(15)12-27-9-8-26(18)14-24/h1-3,16H,6-14,24H2. The highest BCUT2D eigenvalue weighted by molar-refractivity contribution is 5.61. The lowest BCUT2D eigenvalue weighted by molar-refractivity contribution is -0.199. The van der Waals surface area contributed by atoms with Gasteiger partial charge in [-0.15, -0.1) is 0 Å². The Morgan fingerprint density at radius 2 is 2.04 bits per heavy atom. The number of ether oxygens (including phenoxy) is 2. The lowest BCUT2D eigenvalue weighted by Crippen LogP contribution is -2.50. The van der Waals surface area contributed by atoms with E-state index < -0.39 is 11.6 Å². The minimum Gasteiger partial charge on any atom is -0.378 e. The van der Waals surface area contributed by atoms with Crippen molar-refractivity contribution >= 4 is 5.69 Å². The molecule has 5 nitrogen and oxygen atoms in total. The summed E-state index contributed by atoms with van der Waals surface area (Å²) in [5.74, 6) is 5.48. The number of fused-ring (bicyclic) bond motifs is 1. The van der Waals surface area contributed by atoms with E-state index in [-0.39, 0.29) is 19.0 Å². The first kappa shape index (κ1) is 19.5. The quantitative estimate of drug-likeness (QED) is 0.776. The Labute approximate surface area is 162 Å². The van der Waals surface area contributed by atoms with Crippen LogP contribution in [0.3, 0.4) is 0 Å². The summed E-state index contributed by atoms with van der Waals surface area (Å²) in [6.45, 7) is 3.09. The van der Waals surface area contributed by atoms with Gasteiger partial charge in [0.2, 0.25) is 0 Å². The maximum absolute atomic E-state index is 14.0. The van der Waals surface area contributed by atoms with Crippen molar-refractivity contribution < 1.29 is 22.6 Å². The van der Waals surface area contributed by atoms with Crippen molar-refractivity contribution in [1.82, 2.24) is 4.90 Å². The molecule has 2 N–H and O–H groups in total. The van der Waals surface area contributed by atoms with E-state index in [0.717, 1.165) is 11.3 Å². The zero-order valence-corrected chi connectivity index (χ0v) is 15.6. The van der Waals surface area contributed by atoms with Gasteiger partial charge in [-0.3, -0.25) is 4.90 Å². The summed E-state index contributed by atoms with van der Waals surface area (Å²) < 4.78 is 52.7. The van der Waals surface area contributed by atoms with Crippen molar-refractivity contribution in [2.75, 3.05) is 51.0 Å². The molecule has 1 unspecified atom stereocenters. The fraction of sp³-hybridized carbons (Fsp3) is 0.600. The van der Waals surface area contributed by atoms with Gasteiger partial charge in [-0.2, -0.15) is 13.2 Å². The van der Waals surface area contributed by atoms with Gasteiger partial charge in [-0.25, -0.2) is 0 Å². The summed E-state index contributed by atoms with van der Waals surface area (Å²) in [6.07, 6.45) is -4.40. The third-order valence-electron chi connectivity index (χ3n) is 5.88. The van der Waals surface area contributed by atoms with Gasteiger partial charge >= 0.3 is 6.18 Å². The van der Waals surface area contributed by atoms with E-state index in [2.05, 4.69) is 11.8 Å². The Balaban J connectivity index is 1.67. The fourth-order valence-corrected chi connectivity index (χ4v) is 3.98. The van der Waals surface area contributed by atoms with Crippen LogP contribution in [-0.2, 0) is 16.1 Å². The second kappa shape index (κ2) is 7.56. The van der Waals surface area contributed by atoms with E-state index in [1.165, 1.54) is 0 Å². The Morgan fingerprint density at radius 1 is 1.21 bits per heavy atom. The highest BCUT2D eigenvalue weighted by Crippen LogP contribution is 2.46. The molecule has 2 saturated heterocycles. The molecule has 3 aliphatic rings. The number of anilines is 1. The number of benzene rings is 1. The van der Waals surface area contributed by atoms with Gasteiger partial charge in [0.1, 0.15) is 5.41 Å². The van der Waals surface area contributed by atoms with Gasteiger partial charge in [0.05, 0.1) is 39.1 Å². The van der Waals surface area contributed by atoms with Gasteiger partial charge in [-0.1, -0.05) is 17.9 Å². The molecule has 4 rings (SSSR count). The van der Waals surface area contributed by atoms with Crippen molar-refractivity contribution in [3.05, 3.63) is 29.3 Å². The predicted octanol–water partition coefficient (Wildman–Crippen LogP) is 1.94. The first-order chi connectivity index (χ1) is 13.4. The van der Waals surface area contributed by atoms with Crippen LogP contribution in [-0.4, -0.2) is 63.2 Å². The first-order valence-corrected chi connectivity index (χ1v) is 9.50. The number of hydrogen-bond donors (Lipinski definition) is 1. The molecular formula is C20H24F3N3O2. The smallest absolute Gasteiger partial charge is 0.378 e. The predicted molar refractivity (Wildman–Crippen MR) is 98.7 cm³/mol. The molecule has 0 aliphatic carbocycles. The zero-order valence-electron chi connectivity index (χ0n) is 15.6. The molecule has 8 heteroatoms. The van der Waals surface area contributed by atoms with Crippen LogP contribution in [0.4, 0.5) is 18.9 Å². The normalized spacial score (nSPS) is 26.2. The number of hydrogen-bond acceptors (Lipinski definition) is 5. The van der Waals surface area contributed by atoms with Crippen LogP contribution >= 0.6 is 0 Å². The minimum absolute atomic E-state index is 0.0134. The number of likely N-dealkylation sites (tertiary alicyclic amines) is 1. The second-order valence-corrected chi connectivity index (χ2v) is 7.54. The molecule has 0 saturated carbocycles. The Kier molecular flexibility index (Phi) is 5.27. The van der Waals surface area contributed by atoms with Gasteiger partial charge < -0.3 is 20.1 Å². The summed E-state index contributed by atoms with van der Waals surface area (Å²) in [4.78, 5) is 3.82. The van der Waals surface area contributed by atoms with Gasteiger partial charge in [0.25, 0.3) is 0 Å². The largest absolute Gasteiger partial charge is 0.406 e. The van der Waals surface area contributed by atoms with Gasteiger partial charge in [0, 0.05) is 36.4 Å². The van der Waals surface area contributed by atoms with Crippen LogP contribution in [0.15, 0.2) is 18.2 Å². The molecule has 2 fully saturated rings. The summed E-state index contributed by atoms with van der Waals surface area (Å²) in [7, 11) is 0. The lowest BCUT2D eigenvalue weighted by atomic mass is 9.86. The molecule has 3 aliphatic heterocycles. The van der Waals surface area contributed by atoms with Crippen molar-refractivity contribution in [2.45, 2.75) is 25.2 Å². The van der Waals surface area contributed by atoms with E-state index >= 15 is 0 Å². The van der Waals surface area contributed by atoms with Crippen LogP contribution in [0.2, 0.25) is 0 Å². The second-order valence-electron chi connectivity index (χ2n) is 7.54. The Hall–Kier alpha value is -1.79. The first-order valence-electron chi connectivity index (χ1n) is 9.50.